The van der Waals surface area contributed by atoms with E-state index in [2.05, 4.69) is 11.4 Å². The number of aryl methyl sites for hydroxylation is 1. The van der Waals surface area contributed by atoms with Crippen LogP contribution >= 0.6 is 11.6 Å². The highest BCUT2D eigenvalue weighted by atomic mass is 35.5. The van der Waals surface area contributed by atoms with Crippen LogP contribution in [0.2, 0.25) is 5.02 Å². The number of nitrogens with one attached hydrogen (secondary N) is 1. The summed E-state index contributed by atoms with van der Waals surface area (Å²) in [6, 6.07) is 13.7. The Bertz CT molecular complexity index is 587. The third-order valence-corrected chi connectivity index (χ3v) is 3.45. The van der Waals surface area contributed by atoms with Crippen molar-refractivity contribution in [2.75, 3.05) is 20.3 Å². The van der Waals surface area contributed by atoms with Crippen LogP contribution in [0.4, 0.5) is 0 Å². The standard InChI is InChI=1S/C17H20ClNO2/c1-13-10-16(6-7-17(13)18)21-9-8-20-15-5-3-4-14(11-15)12-19-2/h3-7,10-11,19H,8-9,12H2,1-2H3. The number of benzene rings is 2. The van der Waals surface area contributed by atoms with E-state index >= 15 is 0 Å². The molecule has 2 rings (SSSR count). The zero-order valence-corrected chi connectivity index (χ0v) is 13.1. The maximum Gasteiger partial charge on any atom is 0.122 e. The molecule has 0 bridgehead atoms. The van der Waals surface area contributed by atoms with Crippen LogP contribution in [0.3, 0.4) is 0 Å². The van der Waals surface area contributed by atoms with E-state index in [4.69, 9.17) is 21.1 Å². The van der Waals surface area contributed by atoms with Crippen LogP contribution in [-0.2, 0) is 6.54 Å². The Hall–Kier alpha value is -1.71. The van der Waals surface area contributed by atoms with Gasteiger partial charge in [0, 0.05) is 11.6 Å². The predicted molar refractivity (Wildman–Crippen MR) is 86.4 cm³/mol. The molecule has 2 aromatic rings. The van der Waals surface area contributed by atoms with E-state index in [0.717, 1.165) is 28.6 Å². The zero-order valence-electron chi connectivity index (χ0n) is 12.4. The summed E-state index contributed by atoms with van der Waals surface area (Å²) >= 11 is 5.98. The molecule has 112 valence electrons. The second-order valence-electron chi connectivity index (χ2n) is 4.79. The quantitative estimate of drug-likeness (QED) is 0.789. The van der Waals surface area contributed by atoms with E-state index in [0.29, 0.717) is 13.2 Å². The Morgan fingerprint density at radius 2 is 1.71 bits per heavy atom. The summed E-state index contributed by atoms with van der Waals surface area (Å²) in [6.45, 7) is 3.79. The summed E-state index contributed by atoms with van der Waals surface area (Å²) in [5.74, 6) is 1.67. The molecule has 0 amide bonds. The molecule has 0 saturated heterocycles. The highest BCUT2D eigenvalue weighted by Crippen LogP contribution is 2.21. The van der Waals surface area contributed by atoms with Crippen LogP contribution in [0.15, 0.2) is 42.5 Å². The second-order valence-corrected chi connectivity index (χ2v) is 5.19. The normalized spacial score (nSPS) is 10.4. The molecule has 3 nitrogen and oxygen atoms in total. The highest BCUT2D eigenvalue weighted by molar-refractivity contribution is 6.31. The van der Waals surface area contributed by atoms with Gasteiger partial charge in [-0.2, -0.15) is 0 Å². The first kappa shape index (κ1) is 15.7. The van der Waals surface area contributed by atoms with Crippen molar-refractivity contribution >= 4 is 11.6 Å². The Balaban J connectivity index is 1.79. The number of halogens is 1. The molecule has 4 heteroatoms. The van der Waals surface area contributed by atoms with Crippen molar-refractivity contribution in [1.29, 1.82) is 0 Å². The van der Waals surface area contributed by atoms with Gasteiger partial charge in [-0.1, -0.05) is 23.7 Å². The summed E-state index contributed by atoms with van der Waals surface area (Å²) in [7, 11) is 1.93. The summed E-state index contributed by atoms with van der Waals surface area (Å²) < 4.78 is 11.3. The van der Waals surface area contributed by atoms with Crippen LogP contribution in [0.1, 0.15) is 11.1 Å². The minimum atomic E-state index is 0.497. The summed E-state index contributed by atoms with van der Waals surface area (Å²) in [6.07, 6.45) is 0. The molecule has 21 heavy (non-hydrogen) atoms. The van der Waals surface area contributed by atoms with Gasteiger partial charge in [-0.05, 0) is 55.4 Å². The number of ether oxygens (including phenoxy) is 2. The molecular weight excluding hydrogens is 286 g/mol. The van der Waals surface area contributed by atoms with Gasteiger partial charge in [-0.3, -0.25) is 0 Å². The Morgan fingerprint density at radius 1 is 1.00 bits per heavy atom. The predicted octanol–water partition coefficient (Wildman–Crippen LogP) is 3.83. The molecule has 2 aromatic carbocycles. The first-order valence-electron chi connectivity index (χ1n) is 6.94. The molecule has 0 atom stereocenters. The average molecular weight is 306 g/mol. The summed E-state index contributed by atoms with van der Waals surface area (Å²) in [5, 5.41) is 3.87. The van der Waals surface area contributed by atoms with Crippen LogP contribution in [0, 0.1) is 6.92 Å². The van der Waals surface area contributed by atoms with Gasteiger partial charge in [0.2, 0.25) is 0 Å². The first-order chi connectivity index (χ1) is 10.2. The molecule has 1 N–H and O–H groups in total. The van der Waals surface area contributed by atoms with Crippen molar-refractivity contribution in [2.24, 2.45) is 0 Å². The van der Waals surface area contributed by atoms with E-state index in [9.17, 15) is 0 Å². The van der Waals surface area contributed by atoms with Gasteiger partial charge in [-0.25, -0.2) is 0 Å². The lowest BCUT2D eigenvalue weighted by Crippen LogP contribution is -2.10. The number of rotatable bonds is 7. The minimum absolute atomic E-state index is 0.497. The zero-order chi connectivity index (χ0) is 15.1. The molecule has 0 spiro atoms. The molecule has 0 aromatic heterocycles. The maximum absolute atomic E-state index is 5.98. The molecule has 0 aliphatic carbocycles. The summed E-state index contributed by atoms with van der Waals surface area (Å²) in [4.78, 5) is 0. The maximum atomic E-state index is 5.98. The fourth-order valence-electron chi connectivity index (χ4n) is 1.98. The van der Waals surface area contributed by atoms with E-state index in [1.807, 2.05) is 50.4 Å². The van der Waals surface area contributed by atoms with Crippen molar-refractivity contribution in [3.63, 3.8) is 0 Å². The minimum Gasteiger partial charge on any atom is -0.490 e. The van der Waals surface area contributed by atoms with Gasteiger partial charge in [0.15, 0.2) is 0 Å². The van der Waals surface area contributed by atoms with Gasteiger partial charge in [0.25, 0.3) is 0 Å². The lowest BCUT2D eigenvalue weighted by atomic mass is 10.2. The summed E-state index contributed by atoms with van der Waals surface area (Å²) in [5.41, 5.74) is 2.21. The molecule has 0 saturated carbocycles. The number of hydrogen-bond acceptors (Lipinski definition) is 3. The third kappa shape index (κ3) is 4.96. The molecule has 0 unspecified atom stereocenters. The van der Waals surface area contributed by atoms with Gasteiger partial charge in [-0.15, -0.1) is 0 Å². The van der Waals surface area contributed by atoms with Gasteiger partial charge >= 0.3 is 0 Å². The largest absolute Gasteiger partial charge is 0.490 e. The third-order valence-electron chi connectivity index (χ3n) is 3.03. The molecule has 0 aliphatic rings. The average Bonchev–Trinajstić information content (AvgIpc) is 2.48. The lowest BCUT2D eigenvalue weighted by molar-refractivity contribution is 0.217. The number of hydrogen-bond donors (Lipinski definition) is 1. The smallest absolute Gasteiger partial charge is 0.122 e. The topological polar surface area (TPSA) is 30.5 Å². The van der Waals surface area contributed by atoms with E-state index < -0.39 is 0 Å². The van der Waals surface area contributed by atoms with Crippen molar-refractivity contribution in [1.82, 2.24) is 5.32 Å². The van der Waals surface area contributed by atoms with Crippen molar-refractivity contribution < 1.29 is 9.47 Å². The molecular formula is C17H20ClNO2. The van der Waals surface area contributed by atoms with Crippen LogP contribution in [0.5, 0.6) is 11.5 Å². The van der Waals surface area contributed by atoms with Gasteiger partial charge in [0.1, 0.15) is 24.7 Å². The van der Waals surface area contributed by atoms with Crippen LogP contribution < -0.4 is 14.8 Å². The fraction of sp³-hybridized carbons (Fsp3) is 0.294. The molecule has 0 fully saturated rings. The second kappa shape index (κ2) is 7.91. The molecule has 0 aliphatic heterocycles. The molecule has 0 heterocycles. The first-order valence-corrected chi connectivity index (χ1v) is 7.32. The lowest BCUT2D eigenvalue weighted by Gasteiger charge is -2.10. The fourth-order valence-corrected chi connectivity index (χ4v) is 2.09. The molecule has 0 radical (unpaired) electrons. The van der Waals surface area contributed by atoms with Gasteiger partial charge < -0.3 is 14.8 Å². The van der Waals surface area contributed by atoms with Crippen LogP contribution in [-0.4, -0.2) is 20.3 Å². The Labute approximate surface area is 130 Å². The SMILES string of the molecule is CNCc1cccc(OCCOc2ccc(Cl)c(C)c2)c1. The monoisotopic (exact) mass is 305 g/mol. The van der Waals surface area contributed by atoms with Crippen molar-refractivity contribution in [3.8, 4) is 11.5 Å². The highest BCUT2D eigenvalue weighted by Gasteiger charge is 2.00. The van der Waals surface area contributed by atoms with Crippen molar-refractivity contribution in [3.05, 3.63) is 58.6 Å². The van der Waals surface area contributed by atoms with Gasteiger partial charge in [0.05, 0.1) is 0 Å². The van der Waals surface area contributed by atoms with E-state index in [1.165, 1.54) is 5.56 Å². The van der Waals surface area contributed by atoms with Crippen molar-refractivity contribution in [2.45, 2.75) is 13.5 Å². The van der Waals surface area contributed by atoms with E-state index in [1.54, 1.807) is 0 Å². The Kier molecular flexibility index (Phi) is 5.90. The van der Waals surface area contributed by atoms with Crippen LogP contribution in [0.25, 0.3) is 0 Å². The van der Waals surface area contributed by atoms with E-state index in [-0.39, 0.29) is 0 Å². The Morgan fingerprint density at radius 3 is 2.38 bits per heavy atom.